The number of hydrogen-bond acceptors (Lipinski definition) is 4. The summed E-state index contributed by atoms with van der Waals surface area (Å²) in [6.07, 6.45) is 3.56. The number of thiazole rings is 1. The van der Waals surface area contributed by atoms with Gasteiger partial charge in [0.25, 0.3) is 0 Å². The van der Waals surface area contributed by atoms with Crippen LogP contribution >= 0.6 is 11.3 Å². The van der Waals surface area contributed by atoms with Gasteiger partial charge in [-0.15, -0.1) is 11.3 Å². The molecule has 1 N–H and O–H groups in total. The van der Waals surface area contributed by atoms with Crippen molar-refractivity contribution in [2.75, 3.05) is 0 Å². The Morgan fingerprint density at radius 1 is 1.50 bits per heavy atom. The Kier molecular flexibility index (Phi) is 2.56. The van der Waals surface area contributed by atoms with Gasteiger partial charge in [0.2, 0.25) is 0 Å². The van der Waals surface area contributed by atoms with Crippen LogP contribution in [0.25, 0.3) is 10.6 Å². The van der Waals surface area contributed by atoms with E-state index in [1.807, 2.05) is 18.4 Å². The maximum atomic E-state index is 8.90. The van der Waals surface area contributed by atoms with Gasteiger partial charge in [0.05, 0.1) is 12.3 Å². The fourth-order valence-electron chi connectivity index (χ4n) is 1.19. The third-order valence-electron chi connectivity index (χ3n) is 1.98. The van der Waals surface area contributed by atoms with Gasteiger partial charge in [-0.05, 0) is 18.6 Å². The number of aliphatic hydroxyl groups excluding tert-OH is 1. The maximum absolute atomic E-state index is 8.90. The van der Waals surface area contributed by atoms with Crippen LogP contribution in [-0.2, 0) is 6.61 Å². The molecule has 2 rings (SSSR count). The molecular formula is C10H10N2OS. The Balaban J connectivity index is 2.44. The predicted molar refractivity (Wildman–Crippen MR) is 56.0 cm³/mol. The van der Waals surface area contributed by atoms with Crippen LogP contribution < -0.4 is 0 Å². The highest BCUT2D eigenvalue weighted by Crippen LogP contribution is 2.25. The summed E-state index contributed by atoms with van der Waals surface area (Å²) >= 11 is 1.53. The van der Waals surface area contributed by atoms with E-state index in [9.17, 15) is 0 Å². The lowest BCUT2D eigenvalue weighted by Gasteiger charge is -1.99. The predicted octanol–water partition coefficient (Wildman–Crippen LogP) is 2.01. The summed E-state index contributed by atoms with van der Waals surface area (Å²) in [7, 11) is 0. The van der Waals surface area contributed by atoms with E-state index in [1.165, 1.54) is 11.3 Å². The van der Waals surface area contributed by atoms with Crippen molar-refractivity contribution >= 4 is 11.3 Å². The van der Waals surface area contributed by atoms with Gasteiger partial charge >= 0.3 is 0 Å². The number of nitrogens with zero attached hydrogens (tertiary/aromatic N) is 2. The SMILES string of the molecule is Cc1ccncc1-c1nc(CO)cs1. The lowest BCUT2D eigenvalue weighted by molar-refractivity contribution is 0.278. The van der Waals surface area contributed by atoms with Crippen molar-refractivity contribution in [3.8, 4) is 10.6 Å². The molecule has 3 nitrogen and oxygen atoms in total. The second-order valence-corrected chi connectivity index (χ2v) is 3.85. The van der Waals surface area contributed by atoms with Crippen molar-refractivity contribution in [2.45, 2.75) is 13.5 Å². The molecule has 0 fully saturated rings. The third kappa shape index (κ3) is 1.66. The van der Waals surface area contributed by atoms with Crippen molar-refractivity contribution in [3.63, 3.8) is 0 Å². The van der Waals surface area contributed by atoms with E-state index in [0.717, 1.165) is 16.1 Å². The summed E-state index contributed by atoms with van der Waals surface area (Å²) in [5.74, 6) is 0. The first kappa shape index (κ1) is 9.30. The summed E-state index contributed by atoms with van der Waals surface area (Å²) in [4.78, 5) is 8.35. The van der Waals surface area contributed by atoms with Crippen LogP contribution in [0.2, 0.25) is 0 Å². The molecule has 0 radical (unpaired) electrons. The molecule has 0 aliphatic carbocycles. The Hall–Kier alpha value is -1.26. The molecule has 0 saturated heterocycles. The molecule has 0 spiro atoms. The zero-order chi connectivity index (χ0) is 9.97. The minimum Gasteiger partial charge on any atom is -0.390 e. The summed E-state index contributed by atoms with van der Waals surface area (Å²) in [6, 6.07) is 1.95. The molecule has 0 saturated carbocycles. The summed E-state index contributed by atoms with van der Waals surface area (Å²) in [6.45, 7) is 2.02. The van der Waals surface area contributed by atoms with Crippen LogP contribution in [0.4, 0.5) is 0 Å². The molecule has 0 aromatic carbocycles. The Bertz CT molecular complexity index is 439. The van der Waals surface area contributed by atoms with Gasteiger partial charge < -0.3 is 5.11 Å². The van der Waals surface area contributed by atoms with E-state index in [2.05, 4.69) is 9.97 Å². The van der Waals surface area contributed by atoms with E-state index in [1.54, 1.807) is 12.4 Å². The van der Waals surface area contributed by atoms with Gasteiger partial charge in [-0.2, -0.15) is 0 Å². The number of hydrogen-bond donors (Lipinski definition) is 1. The highest BCUT2D eigenvalue weighted by molar-refractivity contribution is 7.13. The van der Waals surface area contributed by atoms with E-state index < -0.39 is 0 Å². The van der Waals surface area contributed by atoms with Gasteiger partial charge in [0, 0.05) is 23.3 Å². The fraction of sp³-hybridized carbons (Fsp3) is 0.200. The molecule has 2 aromatic rings. The van der Waals surface area contributed by atoms with Crippen molar-refractivity contribution in [1.29, 1.82) is 0 Å². The van der Waals surface area contributed by atoms with Crippen LogP contribution in [0.1, 0.15) is 11.3 Å². The molecule has 14 heavy (non-hydrogen) atoms. The maximum Gasteiger partial charge on any atom is 0.125 e. The Labute approximate surface area is 86.1 Å². The molecule has 0 aliphatic rings. The molecule has 2 aromatic heterocycles. The highest BCUT2D eigenvalue weighted by atomic mass is 32.1. The average Bonchev–Trinajstić information content (AvgIpc) is 2.67. The third-order valence-corrected chi connectivity index (χ3v) is 2.91. The van der Waals surface area contributed by atoms with Gasteiger partial charge in [0.1, 0.15) is 5.01 Å². The number of aryl methyl sites for hydroxylation is 1. The van der Waals surface area contributed by atoms with Gasteiger partial charge in [-0.3, -0.25) is 4.98 Å². The zero-order valence-corrected chi connectivity index (χ0v) is 8.58. The molecule has 0 atom stereocenters. The van der Waals surface area contributed by atoms with Crippen LogP contribution in [0.3, 0.4) is 0 Å². The van der Waals surface area contributed by atoms with Crippen LogP contribution in [0, 0.1) is 6.92 Å². The van der Waals surface area contributed by atoms with Crippen LogP contribution in [-0.4, -0.2) is 15.1 Å². The van der Waals surface area contributed by atoms with Crippen LogP contribution in [0.15, 0.2) is 23.8 Å². The summed E-state index contributed by atoms with van der Waals surface area (Å²) < 4.78 is 0. The standard InChI is InChI=1S/C10H10N2OS/c1-7-2-3-11-4-9(7)10-12-8(5-13)6-14-10/h2-4,6,13H,5H2,1H3. The average molecular weight is 206 g/mol. The van der Waals surface area contributed by atoms with Crippen molar-refractivity contribution in [1.82, 2.24) is 9.97 Å². The monoisotopic (exact) mass is 206 g/mol. The Morgan fingerprint density at radius 2 is 2.36 bits per heavy atom. The zero-order valence-electron chi connectivity index (χ0n) is 7.77. The number of pyridine rings is 1. The van der Waals surface area contributed by atoms with E-state index in [0.29, 0.717) is 5.69 Å². The number of rotatable bonds is 2. The van der Waals surface area contributed by atoms with Crippen molar-refractivity contribution in [3.05, 3.63) is 35.1 Å². The van der Waals surface area contributed by atoms with E-state index in [-0.39, 0.29) is 6.61 Å². The highest BCUT2D eigenvalue weighted by Gasteiger charge is 2.06. The molecule has 4 heteroatoms. The topological polar surface area (TPSA) is 46.0 Å². The van der Waals surface area contributed by atoms with Gasteiger partial charge in [-0.25, -0.2) is 4.98 Å². The van der Waals surface area contributed by atoms with Gasteiger partial charge in [-0.1, -0.05) is 0 Å². The van der Waals surface area contributed by atoms with Crippen molar-refractivity contribution < 1.29 is 5.11 Å². The molecule has 0 aliphatic heterocycles. The molecular weight excluding hydrogens is 196 g/mol. The minimum absolute atomic E-state index is 0.00416. The molecule has 0 bridgehead atoms. The van der Waals surface area contributed by atoms with E-state index >= 15 is 0 Å². The van der Waals surface area contributed by atoms with Crippen LogP contribution in [0.5, 0.6) is 0 Å². The van der Waals surface area contributed by atoms with Crippen molar-refractivity contribution in [2.24, 2.45) is 0 Å². The molecule has 0 amide bonds. The minimum atomic E-state index is -0.00416. The van der Waals surface area contributed by atoms with Gasteiger partial charge in [0.15, 0.2) is 0 Å². The largest absolute Gasteiger partial charge is 0.390 e. The molecule has 0 unspecified atom stereocenters. The molecule has 72 valence electrons. The lowest BCUT2D eigenvalue weighted by Crippen LogP contribution is -1.86. The first-order valence-electron chi connectivity index (χ1n) is 4.27. The summed E-state index contributed by atoms with van der Waals surface area (Å²) in [5.41, 5.74) is 2.91. The number of aliphatic hydroxyl groups is 1. The smallest absolute Gasteiger partial charge is 0.125 e. The normalized spacial score (nSPS) is 10.4. The second kappa shape index (κ2) is 3.86. The summed E-state index contributed by atoms with van der Waals surface area (Å²) in [5, 5.41) is 11.7. The quantitative estimate of drug-likeness (QED) is 0.817. The first-order chi connectivity index (χ1) is 6.81. The first-order valence-corrected chi connectivity index (χ1v) is 5.15. The second-order valence-electron chi connectivity index (χ2n) is 2.99. The Morgan fingerprint density at radius 3 is 3.00 bits per heavy atom. The fourth-order valence-corrected chi connectivity index (χ4v) is 2.08. The van der Waals surface area contributed by atoms with E-state index in [4.69, 9.17) is 5.11 Å². The lowest BCUT2D eigenvalue weighted by atomic mass is 10.2. The number of aromatic nitrogens is 2. The molecule has 2 heterocycles.